The Morgan fingerprint density at radius 3 is 2.55 bits per heavy atom. The quantitative estimate of drug-likeness (QED) is 0.852. The van der Waals surface area contributed by atoms with Crippen LogP contribution in [0.15, 0.2) is 22.7 Å². The van der Waals surface area contributed by atoms with E-state index in [9.17, 15) is 18.0 Å². The van der Waals surface area contributed by atoms with Crippen LogP contribution < -0.4 is 5.32 Å². The van der Waals surface area contributed by atoms with Crippen LogP contribution in [-0.2, 0) is 6.18 Å². The lowest BCUT2D eigenvalue weighted by Crippen LogP contribution is -2.37. The van der Waals surface area contributed by atoms with E-state index in [2.05, 4.69) is 21.2 Å². The number of amides is 1. The average Bonchev–Trinajstić information content (AvgIpc) is 2.39. The Morgan fingerprint density at radius 2 is 1.95 bits per heavy atom. The van der Waals surface area contributed by atoms with Crippen LogP contribution in [0.25, 0.3) is 0 Å². The van der Waals surface area contributed by atoms with Crippen LogP contribution in [0, 0.1) is 0 Å². The Labute approximate surface area is 127 Å². The van der Waals surface area contributed by atoms with E-state index in [0.717, 1.165) is 36.5 Å². The van der Waals surface area contributed by atoms with Gasteiger partial charge in [0.15, 0.2) is 0 Å². The largest absolute Gasteiger partial charge is 0.416 e. The molecular weight excluding hydrogens is 355 g/mol. The first kappa shape index (κ1) is 15.7. The molecule has 7 heteroatoms. The van der Waals surface area contributed by atoms with Crippen molar-refractivity contribution in [2.75, 3.05) is 11.5 Å². The summed E-state index contributed by atoms with van der Waals surface area (Å²) in [5.74, 6) is 1.48. The van der Waals surface area contributed by atoms with Crippen molar-refractivity contribution in [3.05, 3.63) is 33.8 Å². The number of hydrogen-bond donors (Lipinski definition) is 1. The molecule has 0 aromatic heterocycles. The summed E-state index contributed by atoms with van der Waals surface area (Å²) in [4.78, 5) is 12.1. The van der Waals surface area contributed by atoms with E-state index in [1.807, 2.05) is 11.8 Å². The number of benzene rings is 1. The number of alkyl halides is 3. The fourth-order valence-electron chi connectivity index (χ4n) is 1.98. The molecule has 1 aliphatic heterocycles. The molecule has 1 fully saturated rings. The van der Waals surface area contributed by atoms with E-state index in [1.54, 1.807) is 0 Å². The van der Waals surface area contributed by atoms with E-state index in [0.29, 0.717) is 4.47 Å². The minimum Gasteiger partial charge on any atom is -0.349 e. The van der Waals surface area contributed by atoms with Gasteiger partial charge in [0, 0.05) is 10.5 Å². The third kappa shape index (κ3) is 3.91. The number of carbonyl (C=O) groups is 1. The smallest absolute Gasteiger partial charge is 0.349 e. The van der Waals surface area contributed by atoms with E-state index < -0.39 is 17.6 Å². The van der Waals surface area contributed by atoms with Crippen molar-refractivity contribution in [3.63, 3.8) is 0 Å². The first-order chi connectivity index (χ1) is 9.38. The minimum atomic E-state index is -4.45. The highest BCUT2D eigenvalue weighted by molar-refractivity contribution is 9.10. The zero-order valence-corrected chi connectivity index (χ0v) is 12.9. The molecule has 0 spiro atoms. The van der Waals surface area contributed by atoms with Crippen LogP contribution in [0.5, 0.6) is 0 Å². The van der Waals surface area contributed by atoms with Gasteiger partial charge in [0.05, 0.1) is 11.1 Å². The summed E-state index contributed by atoms with van der Waals surface area (Å²) in [7, 11) is 0. The summed E-state index contributed by atoms with van der Waals surface area (Å²) in [5.41, 5.74) is -0.789. The molecule has 1 aromatic carbocycles. The lowest BCUT2D eigenvalue weighted by Gasteiger charge is -2.23. The van der Waals surface area contributed by atoms with E-state index in [4.69, 9.17) is 0 Å². The van der Waals surface area contributed by atoms with Gasteiger partial charge in [0.2, 0.25) is 0 Å². The van der Waals surface area contributed by atoms with Crippen molar-refractivity contribution >= 4 is 33.6 Å². The van der Waals surface area contributed by atoms with Crippen LogP contribution in [0.1, 0.15) is 28.8 Å². The highest BCUT2D eigenvalue weighted by Crippen LogP contribution is 2.32. The SMILES string of the molecule is O=C(NC1CCSCC1)c1cc(C(F)(F)F)ccc1Br. The Morgan fingerprint density at radius 1 is 1.30 bits per heavy atom. The van der Waals surface area contributed by atoms with Gasteiger partial charge in [-0.3, -0.25) is 4.79 Å². The third-order valence-corrected chi connectivity index (χ3v) is 4.84. The average molecular weight is 368 g/mol. The first-order valence-corrected chi connectivity index (χ1v) is 8.08. The van der Waals surface area contributed by atoms with Crippen LogP contribution >= 0.6 is 27.7 Å². The zero-order valence-electron chi connectivity index (χ0n) is 10.5. The lowest BCUT2D eigenvalue weighted by molar-refractivity contribution is -0.137. The van der Waals surface area contributed by atoms with Crippen molar-refractivity contribution in [1.29, 1.82) is 0 Å². The number of thioether (sulfide) groups is 1. The summed E-state index contributed by atoms with van der Waals surface area (Å²) < 4.78 is 38.4. The number of carbonyl (C=O) groups excluding carboxylic acids is 1. The standard InChI is InChI=1S/C13H13BrF3NOS/c14-11-2-1-8(13(15,16)17)7-10(11)12(19)18-9-3-5-20-6-4-9/h1-2,7,9H,3-6H2,(H,18,19). The highest BCUT2D eigenvalue weighted by Gasteiger charge is 2.31. The van der Waals surface area contributed by atoms with Crippen molar-refractivity contribution in [2.24, 2.45) is 0 Å². The molecule has 0 atom stereocenters. The number of hydrogen-bond acceptors (Lipinski definition) is 2. The molecule has 0 radical (unpaired) electrons. The van der Waals surface area contributed by atoms with Gasteiger partial charge in [-0.1, -0.05) is 0 Å². The van der Waals surface area contributed by atoms with Crippen molar-refractivity contribution in [1.82, 2.24) is 5.32 Å². The second-order valence-corrected chi connectivity index (χ2v) is 6.63. The monoisotopic (exact) mass is 367 g/mol. The second-order valence-electron chi connectivity index (χ2n) is 4.55. The Balaban J connectivity index is 2.16. The van der Waals surface area contributed by atoms with Gasteiger partial charge in [-0.2, -0.15) is 24.9 Å². The fourth-order valence-corrected chi connectivity index (χ4v) is 3.51. The van der Waals surface area contributed by atoms with E-state index in [1.165, 1.54) is 6.07 Å². The van der Waals surface area contributed by atoms with Crippen molar-refractivity contribution in [3.8, 4) is 0 Å². The van der Waals surface area contributed by atoms with Gasteiger partial charge in [-0.05, 0) is 58.5 Å². The zero-order chi connectivity index (χ0) is 14.8. The van der Waals surface area contributed by atoms with E-state index in [-0.39, 0.29) is 11.6 Å². The minimum absolute atomic E-state index is 0.0260. The molecule has 2 rings (SSSR count). The molecule has 2 nitrogen and oxygen atoms in total. The third-order valence-electron chi connectivity index (χ3n) is 3.09. The Bertz CT molecular complexity index is 501. The van der Waals surface area contributed by atoms with Gasteiger partial charge < -0.3 is 5.32 Å². The van der Waals surface area contributed by atoms with Gasteiger partial charge in [0.1, 0.15) is 0 Å². The van der Waals surface area contributed by atoms with Crippen LogP contribution in [-0.4, -0.2) is 23.5 Å². The summed E-state index contributed by atoms with van der Waals surface area (Å²) in [6, 6.07) is 3.15. The lowest BCUT2D eigenvalue weighted by atomic mass is 10.1. The van der Waals surface area contributed by atoms with Crippen molar-refractivity contribution in [2.45, 2.75) is 25.1 Å². The molecule has 20 heavy (non-hydrogen) atoms. The molecule has 1 aromatic rings. The molecular formula is C13H13BrF3NOS. The molecule has 1 heterocycles. The molecule has 1 saturated heterocycles. The molecule has 0 bridgehead atoms. The molecule has 0 unspecified atom stereocenters. The summed E-state index contributed by atoms with van der Waals surface area (Å²) in [6.07, 6.45) is -2.74. The molecule has 0 aliphatic carbocycles. The molecule has 1 amide bonds. The first-order valence-electron chi connectivity index (χ1n) is 6.13. The Hall–Kier alpha value is -0.690. The predicted molar refractivity (Wildman–Crippen MR) is 77.0 cm³/mol. The maximum atomic E-state index is 12.7. The van der Waals surface area contributed by atoms with Gasteiger partial charge >= 0.3 is 6.18 Å². The summed E-state index contributed by atoms with van der Waals surface area (Å²) >= 11 is 4.95. The fraction of sp³-hybridized carbons (Fsp3) is 0.462. The molecule has 0 saturated carbocycles. The summed E-state index contributed by atoms with van der Waals surface area (Å²) in [6.45, 7) is 0. The van der Waals surface area contributed by atoms with Gasteiger partial charge in [0.25, 0.3) is 5.91 Å². The van der Waals surface area contributed by atoms with Crippen molar-refractivity contribution < 1.29 is 18.0 Å². The summed E-state index contributed by atoms with van der Waals surface area (Å²) in [5, 5.41) is 2.81. The normalized spacial score (nSPS) is 17.0. The highest BCUT2D eigenvalue weighted by atomic mass is 79.9. The number of rotatable bonds is 2. The van der Waals surface area contributed by atoms with Crippen LogP contribution in [0.3, 0.4) is 0 Å². The number of nitrogens with one attached hydrogen (secondary N) is 1. The topological polar surface area (TPSA) is 29.1 Å². The maximum Gasteiger partial charge on any atom is 0.416 e. The molecule has 1 N–H and O–H groups in total. The number of halogens is 4. The molecule has 110 valence electrons. The Kier molecular flexibility index (Phi) is 5.01. The van der Waals surface area contributed by atoms with E-state index >= 15 is 0 Å². The van der Waals surface area contributed by atoms with Gasteiger partial charge in [-0.25, -0.2) is 0 Å². The molecule has 1 aliphatic rings. The van der Waals surface area contributed by atoms with Crippen LogP contribution in [0.2, 0.25) is 0 Å². The predicted octanol–water partition coefficient (Wildman–Crippen LogP) is 4.09. The maximum absolute atomic E-state index is 12.7. The van der Waals surface area contributed by atoms with Crippen LogP contribution in [0.4, 0.5) is 13.2 Å². The second kappa shape index (κ2) is 6.39. The van der Waals surface area contributed by atoms with Gasteiger partial charge in [-0.15, -0.1) is 0 Å².